The lowest BCUT2D eigenvalue weighted by Gasteiger charge is -2.42. The van der Waals surface area contributed by atoms with Crippen LogP contribution in [0.5, 0.6) is 0 Å². The fourth-order valence-electron chi connectivity index (χ4n) is 3.57. The van der Waals surface area contributed by atoms with Gasteiger partial charge in [0.25, 0.3) is 0 Å². The molecule has 1 aromatic carbocycles. The van der Waals surface area contributed by atoms with Crippen LogP contribution in [0.3, 0.4) is 0 Å². The fourth-order valence-corrected chi connectivity index (χ4v) is 3.57. The molecule has 0 atom stereocenters. The molecule has 4 nitrogen and oxygen atoms in total. The van der Waals surface area contributed by atoms with E-state index >= 15 is 0 Å². The Labute approximate surface area is 131 Å². The van der Waals surface area contributed by atoms with E-state index < -0.39 is 0 Å². The van der Waals surface area contributed by atoms with Crippen LogP contribution in [-0.4, -0.2) is 30.4 Å². The summed E-state index contributed by atoms with van der Waals surface area (Å²) in [6.07, 6.45) is 5.06. The van der Waals surface area contributed by atoms with Crippen molar-refractivity contribution in [1.29, 1.82) is 0 Å². The number of likely N-dealkylation sites (tertiary alicyclic amines) is 1. The van der Waals surface area contributed by atoms with Crippen LogP contribution < -0.4 is 0 Å². The summed E-state index contributed by atoms with van der Waals surface area (Å²) >= 11 is 0. The highest BCUT2D eigenvalue weighted by Crippen LogP contribution is 2.41. The number of aldehydes is 1. The van der Waals surface area contributed by atoms with Crippen LogP contribution in [0.15, 0.2) is 30.3 Å². The molecule has 4 heteroatoms. The van der Waals surface area contributed by atoms with Crippen LogP contribution in [0.4, 0.5) is 4.79 Å². The van der Waals surface area contributed by atoms with Crippen LogP contribution in [0.1, 0.15) is 31.2 Å². The number of piperidine rings is 1. The molecule has 3 rings (SSSR count). The summed E-state index contributed by atoms with van der Waals surface area (Å²) in [4.78, 5) is 24.6. The maximum atomic E-state index is 12.1. The number of rotatable bonds is 4. The Balaban J connectivity index is 1.39. The van der Waals surface area contributed by atoms with E-state index in [2.05, 4.69) is 0 Å². The summed E-state index contributed by atoms with van der Waals surface area (Å²) < 4.78 is 5.38. The third-order valence-corrected chi connectivity index (χ3v) is 5.07. The molecule has 1 saturated carbocycles. The average molecular weight is 301 g/mol. The summed E-state index contributed by atoms with van der Waals surface area (Å²) in [5.41, 5.74) is 1.01. The molecule has 0 spiro atoms. The minimum atomic E-state index is -0.207. The number of carbonyl (C=O) groups excluding carboxylic acids is 2. The van der Waals surface area contributed by atoms with E-state index in [-0.39, 0.29) is 6.09 Å². The van der Waals surface area contributed by atoms with Crippen molar-refractivity contribution in [2.75, 3.05) is 13.1 Å². The monoisotopic (exact) mass is 301 g/mol. The van der Waals surface area contributed by atoms with E-state index in [0.29, 0.717) is 24.4 Å². The smallest absolute Gasteiger partial charge is 0.410 e. The third-order valence-electron chi connectivity index (χ3n) is 5.07. The molecule has 0 bridgehead atoms. The summed E-state index contributed by atoms with van der Waals surface area (Å²) in [7, 11) is 0. The molecule has 2 fully saturated rings. The summed E-state index contributed by atoms with van der Waals surface area (Å²) in [5.74, 6) is 1.66. The van der Waals surface area contributed by atoms with Crippen molar-refractivity contribution in [3.8, 4) is 0 Å². The molecule has 1 heterocycles. The van der Waals surface area contributed by atoms with E-state index in [1.807, 2.05) is 35.2 Å². The third kappa shape index (κ3) is 3.49. The van der Waals surface area contributed by atoms with Gasteiger partial charge in [0.15, 0.2) is 0 Å². The van der Waals surface area contributed by atoms with Crippen molar-refractivity contribution in [1.82, 2.24) is 4.90 Å². The van der Waals surface area contributed by atoms with Gasteiger partial charge in [-0.3, -0.25) is 0 Å². The molecular formula is C18H23NO3. The second-order valence-electron chi connectivity index (χ2n) is 6.49. The standard InChI is InChI=1S/C18H23NO3/c20-12-15-10-17(11-15)16-6-8-19(9-7-16)18(21)22-13-14-4-2-1-3-5-14/h1-5,12,15-17H,6-11,13H2. The van der Waals surface area contributed by atoms with Gasteiger partial charge in [0.05, 0.1) is 0 Å². The zero-order valence-electron chi connectivity index (χ0n) is 12.8. The maximum Gasteiger partial charge on any atom is 0.410 e. The Morgan fingerprint density at radius 1 is 1.14 bits per heavy atom. The second kappa shape index (κ2) is 6.95. The van der Waals surface area contributed by atoms with Crippen LogP contribution >= 0.6 is 0 Å². The molecule has 0 N–H and O–H groups in total. The van der Waals surface area contributed by atoms with Crippen molar-refractivity contribution >= 4 is 12.4 Å². The Kier molecular flexibility index (Phi) is 4.76. The number of amides is 1. The van der Waals surface area contributed by atoms with Crippen molar-refractivity contribution in [3.05, 3.63) is 35.9 Å². The second-order valence-corrected chi connectivity index (χ2v) is 6.49. The minimum absolute atomic E-state index is 0.207. The average Bonchev–Trinajstić information content (AvgIpc) is 2.53. The predicted molar refractivity (Wildman–Crippen MR) is 83.2 cm³/mol. The van der Waals surface area contributed by atoms with Gasteiger partial charge in [-0.25, -0.2) is 4.79 Å². The van der Waals surface area contributed by atoms with Crippen molar-refractivity contribution in [2.45, 2.75) is 32.3 Å². The van der Waals surface area contributed by atoms with Gasteiger partial charge in [-0.05, 0) is 43.1 Å². The molecule has 22 heavy (non-hydrogen) atoms. The zero-order chi connectivity index (χ0) is 15.4. The van der Waals surface area contributed by atoms with Gasteiger partial charge in [0, 0.05) is 19.0 Å². The highest BCUT2D eigenvalue weighted by atomic mass is 16.6. The van der Waals surface area contributed by atoms with Crippen LogP contribution in [0.25, 0.3) is 0 Å². The molecule has 1 amide bonds. The molecule has 0 radical (unpaired) electrons. The van der Waals surface area contributed by atoms with Gasteiger partial charge >= 0.3 is 6.09 Å². The van der Waals surface area contributed by atoms with Crippen molar-refractivity contribution in [2.24, 2.45) is 17.8 Å². The first kappa shape index (κ1) is 15.1. The minimum Gasteiger partial charge on any atom is -0.445 e. The van der Waals surface area contributed by atoms with Gasteiger partial charge < -0.3 is 14.4 Å². The summed E-state index contributed by atoms with van der Waals surface area (Å²) in [6, 6.07) is 9.75. The zero-order valence-corrected chi connectivity index (χ0v) is 12.8. The Morgan fingerprint density at radius 2 is 1.82 bits per heavy atom. The Bertz CT molecular complexity index is 502. The highest BCUT2D eigenvalue weighted by molar-refractivity contribution is 5.67. The maximum absolute atomic E-state index is 12.1. The largest absolute Gasteiger partial charge is 0.445 e. The number of hydrogen-bond acceptors (Lipinski definition) is 3. The lowest BCUT2D eigenvalue weighted by molar-refractivity contribution is -0.115. The molecule has 2 aliphatic rings. The van der Waals surface area contributed by atoms with E-state index in [9.17, 15) is 9.59 Å². The lowest BCUT2D eigenvalue weighted by Crippen LogP contribution is -2.42. The van der Waals surface area contributed by atoms with Crippen molar-refractivity contribution in [3.63, 3.8) is 0 Å². The summed E-state index contributed by atoms with van der Waals surface area (Å²) in [5, 5.41) is 0. The first-order chi connectivity index (χ1) is 10.8. The van der Waals surface area contributed by atoms with Crippen LogP contribution in [-0.2, 0) is 16.1 Å². The quantitative estimate of drug-likeness (QED) is 0.802. The number of carbonyl (C=O) groups is 2. The highest BCUT2D eigenvalue weighted by Gasteiger charge is 2.37. The summed E-state index contributed by atoms with van der Waals surface area (Å²) in [6.45, 7) is 1.89. The Hall–Kier alpha value is -1.84. The normalized spacial score (nSPS) is 25.4. The number of ether oxygens (including phenoxy) is 1. The molecule has 118 valence electrons. The molecule has 1 aliphatic heterocycles. The first-order valence-corrected chi connectivity index (χ1v) is 8.17. The van der Waals surface area contributed by atoms with Crippen molar-refractivity contribution < 1.29 is 14.3 Å². The molecule has 1 aromatic rings. The van der Waals surface area contributed by atoms with Gasteiger partial charge in [-0.1, -0.05) is 30.3 Å². The molecule has 0 unspecified atom stereocenters. The Morgan fingerprint density at radius 3 is 2.45 bits per heavy atom. The number of benzene rings is 1. The van der Waals surface area contributed by atoms with Crippen LogP contribution in [0.2, 0.25) is 0 Å². The van der Waals surface area contributed by atoms with E-state index in [0.717, 1.165) is 50.6 Å². The fraction of sp³-hybridized carbons (Fsp3) is 0.556. The predicted octanol–water partition coefficient (Wildman–Crippen LogP) is 3.26. The number of nitrogens with zero attached hydrogens (tertiary/aromatic N) is 1. The SMILES string of the molecule is O=CC1CC(C2CCN(C(=O)OCc3ccccc3)CC2)C1. The van der Waals surface area contributed by atoms with E-state index in [4.69, 9.17) is 4.74 Å². The van der Waals surface area contributed by atoms with E-state index in [1.54, 1.807) is 0 Å². The molecule has 0 aromatic heterocycles. The molecule has 1 saturated heterocycles. The van der Waals surface area contributed by atoms with Gasteiger partial charge in [0.1, 0.15) is 12.9 Å². The lowest BCUT2D eigenvalue weighted by atomic mass is 9.66. The molecule has 1 aliphatic carbocycles. The van der Waals surface area contributed by atoms with Gasteiger partial charge in [-0.15, -0.1) is 0 Å². The topological polar surface area (TPSA) is 46.6 Å². The molecular weight excluding hydrogens is 278 g/mol. The first-order valence-electron chi connectivity index (χ1n) is 8.17. The van der Waals surface area contributed by atoms with Crippen LogP contribution in [0, 0.1) is 17.8 Å². The van der Waals surface area contributed by atoms with E-state index in [1.165, 1.54) is 0 Å². The van der Waals surface area contributed by atoms with Gasteiger partial charge in [0.2, 0.25) is 0 Å². The van der Waals surface area contributed by atoms with Gasteiger partial charge in [-0.2, -0.15) is 0 Å². The number of hydrogen-bond donors (Lipinski definition) is 0.